The fraction of sp³-hybridized carbons (Fsp3) is 0.469. The normalized spacial score (nSPS) is 18.3. The molecular formula is C32H40F3N6O5P. The molecule has 0 bridgehead atoms. The van der Waals surface area contributed by atoms with Crippen LogP contribution < -0.4 is 21.1 Å². The van der Waals surface area contributed by atoms with Crippen LogP contribution in [0.4, 0.5) is 36.3 Å². The number of halogens is 3. The smallest absolute Gasteiger partial charge is 0.421 e. The van der Waals surface area contributed by atoms with Crippen LogP contribution >= 0.6 is 7.60 Å². The first-order valence-electron chi connectivity index (χ1n) is 15.6. The van der Waals surface area contributed by atoms with Gasteiger partial charge in [-0.05, 0) is 80.3 Å². The third-order valence-corrected chi connectivity index (χ3v) is 10.5. The standard InChI is InChI=1S/C32H40F3N6O5P/c1-5-45-47(43,46-6-2)18-19-7-13-25(27(15-19)44-4)39-31-37-16-24(32(33,34)35)29(40-31)38-26-14-12-22(20-8-10-21(36)11-9-20)23-17-41(3)30(42)28(23)26/h7,12-16,20-21H,5-6,8-11,17-18,36H2,1-4H3,(H2,37,38,39,40). The lowest BCUT2D eigenvalue weighted by atomic mass is 9.79. The van der Waals surface area contributed by atoms with E-state index in [9.17, 15) is 22.5 Å². The van der Waals surface area contributed by atoms with Gasteiger partial charge in [0.25, 0.3) is 5.91 Å². The number of nitrogens with two attached hydrogens (primary N) is 1. The number of amides is 1. The average molecular weight is 677 g/mol. The van der Waals surface area contributed by atoms with Crippen LogP contribution in [-0.2, 0) is 32.5 Å². The Morgan fingerprint density at radius 2 is 1.72 bits per heavy atom. The number of methoxy groups -OCH3 is 1. The molecule has 254 valence electrons. The molecule has 1 fully saturated rings. The Bertz CT molecular complexity index is 1650. The van der Waals surface area contributed by atoms with Gasteiger partial charge in [0.05, 0.1) is 43.4 Å². The minimum absolute atomic E-state index is 0.00146. The molecule has 0 saturated heterocycles. The van der Waals surface area contributed by atoms with Crippen LogP contribution in [-0.4, -0.2) is 54.2 Å². The van der Waals surface area contributed by atoms with Crippen molar-refractivity contribution in [3.05, 3.63) is 64.3 Å². The van der Waals surface area contributed by atoms with Crippen LogP contribution in [0.1, 0.15) is 78.1 Å². The van der Waals surface area contributed by atoms with E-state index in [4.69, 9.17) is 19.5 Å². The van der Waals surface area contributed by atoms with E-state index in [2.05, 4.69) is 20.6 Å². The largest absolute Gasteiger partial charge is 0.495 e. The van der Waals surface area contributed by atoms with Gasteiger partial charge in [-0.25, -0.2) is 4.98 Å². The van der Waals surface area contributed by atoms with Gasteiger partial charge in [-0.3, -0.25) is 9.36 Å². The summed E-state index contributed by atoms with van der Waals surface area (Å²) in [5, 5.41) is 5.73. The molecule has 2 heterocycles. The van der Waals surface area contributed by atoms with Gasteiger partial charge in [-0.15, -0.1) is 0 Å². The van der Waals surface area contributed by atoms with Gasteiger partial charge in [0.15, 0.2) is 0 Å². The van der Waals surface area contributed by atoms with E-state index in [0.29, 0.717) is 35.3 Å². The zero-order chi connectivity index (χ0) is 33.9. The van der Waals surface area contributed by atoms with E-state index in [-0.39, 0.29) is 48.9 Å². The molecule has 2 aromatic carbocycles. The summed E-state index contributed by atoms with van der Waals surface area (Å²) < 4.78 is 71.8. The Morgan fingerprint density at radius 3 is 2.36 bits per heavy atom. The number of carbonyl (C=O) groups is 1. The lowest BCUT2D eigenvalue weighted by Crippen LogP contribution is -2.26. The number of aromatic nitrogens is 2. The fourth-order valence-corrected chi connectivity index (χ4v) is 7.86. The third kappa shape index (κ3) is 7.72. The van der Waals surface area contributed by atoms with Crippen LogP contribution in [0.25, 0.3) is 0 Å². The third-order valence-electron chi connectivity index (χ3n) is 8.40. The minimum atomic E-state index is -4.78. The molecule has 11 nitrogen and oxygen atoms in total. The molecule has 47 heavy (non-hydrogen) atoms. The summed E-state index contributed by atoms with van der Waals surface area (Å²) in [4.78, 5) is 23.0. The summed E-state index contributed by atoms with van der Waals surface area (Å²) in [7, 11) is -0.292. The van der Waals surface area contributed by atoms with Gasteiger partial charge < -0.3 is 35.1 Å². The second kappa shape index (κ2) is 14.2. The predicted octanol–water partition coefficient (Wildman–Crippen LogP) is 7.33. The zero-order valence-electron chi connectivity index (χ0n) is 26.8. The Morgan fingerprint density at radius 1 is 1.04 bits per heavy atom. The number of nitrogens with one attached hydrogen (secondary N) is 2. The van der Waals surface area contributed by atoms with Gasteiger partial charge >= 0.3 is 13.8 Å². The number of rotatable bonds is 12. The molecule has 5 rings (SSSR count). The molecule has 1 amide bonds. The quantitative estimate of drug-likeness (QED) is 0.167. The van der Waals surface area contributed by atoms with Gasteiger partial charge in [0.1, 0.15) is 17.1 Å². The van der Waals surface area contributed by atoms with Crippen molar-refractivity contribution in [1.29, 1.82) is 0 Å². The van der Waals surface area contributed by atoms with E-state index >= 15 is 0 Å². The highest BCUT2D eigenvalue weighted by Crippen LogP contribution is 2.52. The predicted molar refractivity (Wildman–Crippen MR) is 173 cm³/mol. The Hall–Kier alpha value is -3.71. The van der Waals surface area contributed by atoms with E-state index in [1.807, 2.05) is 6.07 Å². The number of nitrogens with zero attached hydrogens (tertiary/aromatic N) is 3. The molecule has 0 radical (unpaired) electrons. The number of hydrogen-bond donors (Lipinski definition) is 3. The Labute approximate surface area is 271 Å². The molecule has 0 spiro atoms. The zero-order valence-corrected chi connectivity index (χ0v) is 27.7. The van der Waals surface area contributed by atoms with E-state index in [1.165, 1.54) is 7.11 Å². The van der Waals surface area contributed by atoms with Crippen molar-refractivity contribution < 1.29 is 36.3 Å². The Balaban J connectivity index is 1.46. The van der Waals surface area contributed by atoms with Gasteiger partial charge in [-0.1, -0.05) is 12.1 Å². The summed E-state index contributed by atoms with van der Waals surface area (Å²) in [6.07, 6.45) is -0.553. The summed E-state index contributed by atoms with van der Waals surface area (Å²) >= 11 is 0. The minimum Gasteiger partial charge on any atom is -0.495 e. The molecule has 4 N–H and O–H groups in total. The molecule has 1 aromatic heterocycles. The van der Waals surface area contributed by atoms with Crippen molar-refractivity contribution >= 4 is 36.6 Å². The number of hydrogen-bond acceptors (Lipinski definition) is 10. The first kappa shape index (κ1) is 34.6. The number of benzene rings is 2. The number of alkyl halides is 3. The van der Waals surface area contributed by atoms with Crippen LogP contribution in [0.3, 0.4) is 0 Å². The monoisotopic (exact) mass is 676 g/mol. The number of anilines is 4. The van der Waals surface area contributed by atoms with Crippen molar-refractivity contribution in [2.45, 2.75) is 70.4 Å². The molecule has 15 heteroatoms. The SMILES string of the molecule is CCOP(=O)(Cc1ccc(Nc2ncc(C(F)(F)F)c(Nc3ccc(C4CCC(N)CC4)c4c3C(=O)N(C)C4)n2)c(OC)c1)OCC. The van der Waals surface area contributed by atoms with Crippen molar-refractivity contribution in [1.82, 2.24) is 14.9 Å². The molecule has 0 atom stereocenters. The number of ether oxygens (including phenoxy) is 1. The van der Waals surface area contributed by atoms with Crippen LogP contribution in [0.5, 0.6) is 5.75 Å². The molecule has 1 aliphatic heterocycles. The maximum absolute atomic E-state index is 14.2. The molecule has 1 aliphatic carbocycles. The highest BCUT2D eigenvalue weighted by atomic mass is 31.2. The maximum Gasteiger partial charge on any atom is 0.421 e. The Kier molecular flexibility index (Phi) is 10.4. The number of carbonyl (C=O) groups excluding carboxylic acids is 1. The van der Waals surface area contributed by atoms with E-state index < -0.39 is 25.2 Å². The summed E-state index contributed by atoms with van der Waals surface area (Å²) in [5.41, 5.74) is 8.40. The summed E-state index contributed by atoms with van der Waals surface area (Å²) in [6.45, 7) is 4.23. The molecular weight excluding hydrogens is 636 g/mol. The first-order valence-corrected chi connectivity index (χ1v) is 17.3. The fourth-order valence-electron chi connectivity index (χ4n) is 6.17. The second-order valence-electron chi connectivity index (χ2n) is 11.7. The molecule has 2 aliphatic rings. The highest BCUT2D eigenvalue weighted by molar-refractivity contribution is 7.53. The molecule has 0 unspecified atom stereocenters. The van der Waals surface area contributed by atoms with Gasteiger partial charge in [-0.2, -0.15) is 18.2 Å². The second-order valence-corrected chi connectivity index (χ2v) is 13.7. The average Bonchev–Trinajstić information content (AvgIpc) is 3.32. The molecule has 1 saturated carbocycles. The van der Waals surface area contributed by atoms with Crippen molar-refractivity contribution in [3.63, 3.8) is 0 Å². The van der Waals surface area contributed by atoms with Crippen molar-refractivity contribution in [2.75, 3.05) is 38.0 Å². The number of fused-ring (bicyclic) bond motifs is 1. The van der Waals surface area contributed by atoms with Crippen LogP contribution in [0, 0.1) is 0 Å². The van der Waals surface area contributed by atoms with Crippen molar-refractivity contribution in [2.24, 2.45) is 5.73 Å². The topological polar surface area (TPSA) is 141 Å². The van der Waals surface area contributed by atoms with Crippen LogP contribution in [0.15, 0.2) is 36.5 Å². The van der Waals surface area contributed by atoms with E-state index in [1.54, 1.807) is 50.1 Å². The lowest BCUT2D eigenvalue weighted by Gasteiger charge is -2.28. The van der Waals surface area contributed by atoms with Gasteiger partial charge in [0, 0.05) is 25.8 Å². The maximum atomic E-state index is 14.2. The summed E-state index contributed by atoms with van der Waals surface area (Å²) in [6, 6.07) is 8.62. The van der Waals surface area contributed by atoms with Crippen LogP contribution in [0.2, 0.25) is 0 Å². The highest BCUT2D eigenvalue weighted by Gasteiger charge is 2.37. The summed E-state index contributed by atoms with van der Waals surface area (Å²) in [5.74, 6) is -0.396. The lowest BCUT2D eigenvalue weighted by molar-refractivity contribution is -0.137. The first-order chi connectivity index (χ1) is 22.4. The van der Waals surface area contributed by atoms with Gasteiger partial charge in [0.2, 0.25) is 5.95 Å². The van der Waals surface area contributed by atoms with Crippen molar-refractivity contribution in [3.8, 4) is 5.75 Å². The van der Waals surface area contributed by atoms with E-state index in [0.717, 1.165) is 36.8 Å². The molecule has 3 aromatic rings.